The molecule has 2 aromatic carbocycles. The van der Waals surface area contributed by atoms with Gasteiger partial charge in [-0.3, -0.25) is 9.78 Å². The predicted molar refractivity (Wildman–Crippen MR) is 107 cm³/mol. The minimum absolute atomic E-state index is 0.276. The summed E-state index contributed by atoms with van der Waals surface area (Å²) in [4.78, 5) is 17.3. The molecule has 0 aliphatic rings. The van der Waals surface area contributed by atoms with Gasteiger partial charge in [-0.05, 0) is 42.5 Å². The number of benzene rings is 2. The summed E-state index contributed by atoms with van der Waals surface area (Å²) in [5, 5.41) is 2.56. The molecule has 0 aliphatic carbocycles. The van der Waals surface area contributed by atoms with Crippen molar-refractivity contribution in [2.45, 2.75) is 10.6 Å². The summed E-state index contributed by atoms with van der Waals surface area (Å²) in [6.45, 7) is -0.276. The van der Waals surface area contributed by atoms with Crippen LogP contribution < -0.4 is 14.8 Å². The number of nitrogens with one attached hydrogen (secondary N) is 1. The SMILES string of the molecule is COc1cnc(CSc2ccc(F)cc2)cc1OCC(=O)Nc1cccc(F)c1. The lowest BCUT2D eigenvalue weighted by Crippen LogP contribution is -2.20. The lowest BCUT2D eigenvalue weighted by Gasteiger charge is -2.12. The van der Waals surface area contributed by atoms with Crippen LogP contribution in [0.2, 0.25) is 0 Å². The standard InChI is InChI=1S/C21H18F2N2O3S/c1-27-20-11-24-17(13-29-18-7-5-14(22)6-8-18)10-19(20)28-12-21(26)25-16-4-2-3-15(23)9-16/h2-11H,12-13H2,1H3,(H,25,26). The molecule has 0 radical (unpaired) electrons. The van der Waals surface area contributed by atoms with Gasteiger partial charge in [0, 0.05) is 22.4 Å². The van der Waals surface area contributed by atoms with Crippen LogP contribution >= 0.6 is 11.8 Å². The quantitative estimate of drug-likeness (QED) is 0.541. The van der Waals surface area contributed by atoms with Crippen molar-refractivity contribution in [1.82, 2.24) is 4.98 Å². The molecule has 5 nitrogen and oxygen atoms in total. The third kappa shape index (κ3) is 6.18. The number of nitrogens with zero attached hydrogens (tertiary/aromatic N) is 1. The van der Waals surface area contributed by atoms with E-state index in [0.29, 0.717) is 28.6 Å². The molecule has 0 atom stereocenters. The van der Waals surface area contributed by atoms with Crippen LogP contribution in [-0.2, 0) is 10.5 Å². The van der Waals surface area contributed by atoms with Gasteiger partial charge in [0.15, 0.2) is 18.1 Å². The van der Waals surface area contributed by atoms with Crippen LogP contribution in [-0.4, -0.2) is 24.6 Å². The van der Waals surface area contributed by atoms with E-state index in [4.69, 9.17) is 9.47 Å². The first kappa shape index (κ1) is 20.6. The number of carbonyl (C=O) groups is 1. The molecule has 0 saturated heterocycles. The first-order chi connectivity index (χ1) is 14.0. The lowest BCUT2D eigenvalue weighted by molar-refractivity contribution is -0.118. The number of pyridine rings is 1. The second-order valence-electron chi connectivity index (χ2n) is 5.92. The van der Waals surface area contributed by atoms with Crippen molar-refractivity contribution in [3.8, 4) is 11.5 Å². The molecular weight excluding hydrogens is 398 g/mol. The number of hydrogen-bond acceptors (Lipinski definition) is 5. The van der Waals surface area contributed by atoms with E-state index >= 15 is 0 Å². The monoisotopic (exact) mass is 416 g/mol. The fraction of sp³-hybridized carbons (Fsp3) is 0.143. The highest BCUT2D eigenvalue weighted by molar-refractivity contribution is 7.98. The average Bonchev–Trinajstić information content (AvgIpc) is 2.72. The highest BCUT2D eigenvalue weighted by atomic mass is 32.2. The van der Waals surface area contributed by atoms with Crippen LogP contribution in [0.5, 0.6) is 11.5 Å². The first-order valence-electron chi connectivity index (χ1n) is 8.63. The second kappa shape index (κ2) is 9.88. The maximum Gasteiger partial charge on any atom is 0.262 e. The third-order valence-electron chi connectivity index (χ3n) is 3.78. The van der Waals surface area contributed by atoms with Gasteiger partial charge in [0.25, 0.3) is 5.91 Å². The molecule has 8 heteroatoms. The van der Waals surface area contributed by atoms with E-state index in [9.17, 15) is 13.6 Å². The molecule has 0 spiro atoms. The molecule has 1 N–H and O–H groups in total. The summed E-state index contributed by atoms with van der Waals surface area (Å²) >= 11 is 1.49. The third-order valence-corrected chi connectivity index (χ3v) is 4.82. The number of methoxy groups -OCH3 is 1. The van der Waals surface area contributed by atoms with Crippen molar-refractivity contribution in [1.29, 1.82) is 0 Å². The van der Waals surface area contributed by atoms with Crippen LogP contribution in [0.15, 0.2) is 65.7 Å². The van der Waals surface area contributed by atoms with Gasteiger partial charge in [0.1, 0.15) is 11.6 Å². The number of aromatic nitrogens is 1. The van der Waals surface area contributed by atoms with E-state index in [-0.39, 0.29) is 12.4 Å². The van der Waals surface area contributed by atoms with Gasteiger partial charge in [-0.2, -0.15) is 0 Å². The minimum Gasteiger partial charge on any atom is -0.491 e. The van der Waals surface area contributed by atoms with Gasteiger partial charge in [0.05, 0.1) is 19.0 Å². The van der Waals surface area contributed by atoms with Crippen LogP contribution in [0, 0.1) is 11.6 Å². The largest absolute Gasteiger partial charge is 0.491 e. The number of carbonyl (C=O) groups excluding carboxylic acids is 1. The molecule has 3 aromatic rings. The summed E-state index contributed by atoms with van der Waals surface area (Å²) < 4.78 is 37.0. The number of rotatable bonds is 8. The molecular formula is C21H18F2N2O3S. The van der Waals surface area contributed by atoms with Crippen molar-refractivity contribution in [3.05, 3.63) is 78.1 Å². The number of halogens is 2. The lowest BCUT2D eigenvalue weighted by atomic mass is 10.3. The van der Waals surface area contributed by atoms with Gasteiger partial charge in [0.2, 0.25) is 0 Å². The van der Waals surface area contributed by atoms with Gasteiger partial charge in [-0.15, -0.1) is 11.8 Å². The Morgan fingerprint density at radius 1 is 1.07 bits per heavy atom. The van der Waals surface area contributed by atoms with E-state index in [1.807, 2.05) is 0 Å². The van der Waals surface area contributed by atoms with Crippen molar-refractivity contribution in [3.63, 3.8) is 0 Å². The maximum atomic E-state index is 13.2. The Balaban J connectivity index is 1.60. The Hall–Kier alpha value is -3.13. The number of amides is 1. The molecule has 0 bridgehead atoms. The Morgan fingerprint density at radius 2 is 1.86 bits per heavy atom. The van der Waals surface area contributed by atoms with E-state index in [1.54, 1.807) is 24.3 Å². The van der Waals surface area contributed by atoms with E-state index in [1.165, 1.54) is 55.4 Å². The number of thioether (sulfide) groups is 1. The zero-order valence-corrected chi connectivity index (χ0v) is 16.3. The van der Waals surface area contributed by atoms with Crippen LogP contribution in [0.3, 0.4) is 0 Å². The molecule has 3 rings (SSSR count). The highest BCUT2D eigenvalue weighted by Gasteiger charge is 2.11. The van der Waals surface area contributed by atoms with Gasteiger partial charge < -0.3 is 14.8 Å². The average molecular weight is 416 g/mol. The molecule has 29 heavy (non-hydrogen) atoms. The summed E-state index contributed by atoms with van der Waals surface area (Å²) in [5.74, 6) is 0.121. The van der Waals surface area contributed by atoms with Crippen molar-refractivity contribution < 1.29 is 23.0 Å². The molecule has 0 fully saturated rings. The molecule has 0 unspecified atom stereocenters. The van der Waals surface area contributed by atoms with Crippen molar-refractivity contribution >= 4 is 23.4 Å². The molecule has 0 saturated carbocycles. The van der Waals surface area contributed by atoms with E-state index in [2.05, 4.69) is 10.3 Å². The molecule has 1 aromatic heterocycles. The zero-order valence-electron chi connectivity index (χ0n) is 15.5. The fourth-order valence-electron chi connectivity index (χ4n) is 2.40. The zero-order chi connectivity index (χ0) is 20.6. The fourth-order valence-corrected chi connectivity index (χ4v) is 3.21. The highest BCUT2D eigenvalue weighted by Crippen LogP contribution is 2.29. The van der Waals surface area contributed by atoms with E-state index in [0.717, 1.165) is 4.90 Å². The Kier molecular flexibility index (Phi) is 7.02. The molecule has 150 valence electrons. The number of anilines is 1. The van der Waals surface area contributed by atoms with Gasteiger partial charge in [-0.1, -0.05) is 6.07 Å². The maximum absolute atomic E-state index is 13.2. The summed E-state index contributed by atoms with van der Waals surface area (Å²) in [6, 6.07) is 13.5. The second-order valence-corrected chi connectivity index (χ2v) is 6.97. The van der Waals surface area contributed by atoms with Gasteiger partial charge in [-0.25, -0.2) is 8.78 Å². The number of hydrogen-bond donors (Lipinski definition) is 1. The predicted octanol–water partition coefficient (Wildman–Crippen LogP) is 4.68. The molecule has 1 heterocycles. The normalized spacial score (nSPS) is 10.4. The Bertz CT molecular complexity index is 984. The van der Waals surface area contributed by atoms with Crippen LogP contribution in [0.1, 0.15) is 5.69 Å². The number of ether oxygens (including phenoxy) is 2. The Labute approximate surface area is 171 Å². The van der Waals surface area contributed by atoms with Gasteiger partial charge >= 0.3 is 0 Å². The topological polar surface area (TPSA) is 60.5 Å². The van der Waals surface area contributed by atoms with Crippen LogP contribution in [0.25, 0.3) is 0 Å². The molecule has 0 aliphatic heterocycles. The Morgan fingerprint density at radius 3 is 2.59 bits per heavy atom. The van der Waals surface area contributed by atoms with Crippen molar-refractivity contribution in [2.24, 2.45) is 0 Å². The minimum atomic E-state index is -0.442. The van der Waals surface area contributed by atoms with Crippen molar-refractivity contribution in [2.75, 3.05) is 19.0 Å². The summed E-state index contributed by atoms with van der Waals surface area (Å²) in [6.07, 6.45) is 1.51. The van der Waals surface area contributed by atoms with Crippen LogP contribution in [0.4, 0.5) is 14.5 Å². The molecule has 1 amide bonds. The summed E-state index contributed by atoms with van der Waals surface area (Å²) in [7, 11) is 1.48. The van der Waals surface area contributed by atoms with E-state index < -0.39 is 11.7 Å². The smallest absolute Gasteiger partial charge is 0.262 e. The first-order valence-corrected chi connectivity index (χ1v) is 9.61. The summed E-state index contributed by atoms with van der Waals surface area (Å²) in [5.41, 5.74) is 1.05.